The number of benzene rings is 2. The number of furan rings is 1. The lowest BCUT2D eigenvalue weighted by atomic mass is 10.2. The lowest BCUT2D eigenvalue weighted by Crippen LogP contribution is -2.27. The number of carbonyl (C=O) groups is 1. The number of ether oxygens (including phenoxy) is 1. The summed E-state index contributed by atoms with van der Waals surface area (Å²) in [6, 6.07) is 11.6. The summed E-state index contributed by atoms with van der Waals surface area (Å²) in [6.45, 7) is -0.0763. The Bertz CT molecular complexity index is 909. The minimum atomic E-state index is -1.12. The van der Waals surface area contributed by atoms with E-state index in [9.17, 15) is 9.90 Å². The number of halogens is 2. The summed E-state index contributed by atoms with van der Waals surface area (Å²) in [6.07, 6.45) is -1.12. The molecule has 0 aliphatic rings. The predicted octanol–water partition coefficient (Wildman–Crippen LogP) is 3.65. The molecule has 0 bridgehead atoms. The van der Waals surface area contributed by atoms with Crippen molar-refractivity contribution in [2.75, 3.05) is 11.9 Å². The molecule has 8 heteroatoms. The maximum Gasteiger partial charge on any atom is 0.286 e. The van der Waals surface area contributed by atoms with Crippen molar-refractivity contribution in [1.82, 2.24) is 0 Å². The fourth-order valence-corrected chi connectivity index (χ4v) is 2.60. The Labute approximate surface area is 153 Å². The first-order chi connectivity index (χ1) is 11.9. The van der Waals surface area contributed by atoms with E-state index in [1.54, 1.807) is 42.5 Å². The van der Waals surface area contributed by atoms with Crippen molar-refractivity contribution in [1.29, 1.82) is 0 Å². The van der Waals surface area contributed by atoms with Crippen molar-refractivity contribution in [2.24, 2.45) is 5.73 Å². The predicted molar refractivity (Wildman–Crippen MR) is 96.3 cm³/mol. The van der Waals surface area contributed by atoms with Crippen LogP contribution in [0, 0.1) is 0 Å². The van der Waals surface area contributed by atoms with Gasteiger partial charge in [0.2, 0.25) is 5.76 Å². The standard InChI is InChI=1S/C17H14Cl2N2O4/c18-9-1-4-11(5-2-9)24-8-14(22)21-15-12-7-10(19)3-6-13(12)25-16(15)17(20)23/h1-7,14,21-22H,8H2,(H2,20,23). The van der Waals surface area contributed by atoms with Gasteiger partial charge in [-0.05, 0) is 42.5 Å². The first-order valence-corrected chi connectivity index (χ1v) is 8.04. The summed E-state index contributed by atoms with van der Waals surface area (Å²) in [5.41, 5.74) is 6.02. The SMILES string of the molecule is NC(=O)c1oc2ccc(Cl)cc2c1NC(O)COc1ccc(Cl)cc1. The molecule has 4 N–H and O–H groups in total. The molecule has 1 amide bonds. The minimum absolute atomic E-state index is 0.0763. The third-order valence-corrected chi connectivity index (χ3v) is 3.89. The highest BCUT2D eigenvalue weighted by atomic mass is 35.5. The van der Waals surface area contributed by atoms with Crippen LogP contribution in [-0.4, -0.2) is 23.8 Å². The van der Waals surface area contributed by atoms with Crippen LogP contribution in [0.25, 0.3) is 11.0 Å². The van der Waals surface area contributed by atoms with E-state index in [1.807, 2.05) is 0 Å². The van der Waals surface area contributed by atoms with E-state index in [0.717, 1.165) is 0 Å². The Morgan fingerprint density at radius 1 is 1.20 bits per heavy atom. The molecule has 0 aliphatic carbocycles. The Kier molecular flexibility index (Phi) is 5.03. The lowest BCUT2D eigenvalue weighted by molar-refractivity contribution is 0.0975. The average molecular weight is 381 g/mol. The molecule has 0 radical (unpaired) electrons. The molecule has 1 unspecified atom stereocenters. The molecule has 2 aromatic carbocycles. The molecular formula is C17H14Cl2N2O4. The van der Waals surface area contributed by atoms with Crippen LogP contribution in [0.4, 0.5) is 5.69 Å². The van der Waals surface area contributed by atoms with E-state index < -0.39 is 12.1 Å². The number of nitrogens with one attached hydrogen (secondary N) is 1. The molecule has 1 atom stereocenters. The van der Waals surface area contributed by atoms with Gasteiger partial charge < -0.3 is 25.3 Å². The number of fused-ring (bicyclic) bond motifs is 1. The zero-order chi connectivity index (χ0) is 18.0. The third kappa shape index (κ3) is 3.99. The van der Waals surface area contributed by atoms with Gasteiger partial charge in [-0.1, -0.05) is 23.2 Å². The molecule has 0 aliphatic heterocycles. The number of amides is 1. The number of primary amides is 1. The summed E-state index contributed by atoms with van der Waals surface area (Å²) in [5.74, 6) is -0.316. The van der Waals surface area contributed by atoms with Crippen LogP contribution in [0.5, 0.6) is 5.75 Å². The van der Waals surface area contributed by atoms with Crippen molar-refractivity contribution < 1.29 is 19.1 Å². The number of aliphatic hydroxyl groups is 1. The molecule has 0 spiro atoms. The van der Waals surface area contributed by atoms with Crippen LogP contribution in [-0.2, 0) is 0 Å². The minimum Gasteiger partial charge on any atom is -0.489 e. The molecule has 0 saturated heterocycles. The number of nitrogens with two attached hydrogens (primary N) is 1. The van der Waals surface area contributed by atoms with Crippen molar-refractivity contribution in [3.63, 3.8) is 0 Å². The molecular weight excluding hydrogens is 367 g/mol. The fourth-order valence-electron chi connectivity index (χ4n) is 2.30. The van der Waals surface area contributed by atoms with Crippen LogP contribution in [0.1, 0.15) is 10.6 Å². The van der Waals surface area contributed by atoms with Crippen LogP contribution >= 0.6 is 23.2 Å². The number of anilines is 1. The molecule has 3 rings (SSSR count). The Balaban J connectivity index is 1.78. The second-order valence-electron chi connectivity index (χ2n) is 5.24. The molecule has 25 heavy (non-hydrogen) atoms. The summed E-state index contributed by atoms with van der Waals surface area (Å²) >= 11 is 11.8. The number of hydrogen-bond donors (Lipinski definition) is 3. The number of rotatable bonds is 6. The van der Waals surface area contributed by atoms with E-state index in [4.69, 9.17) is 38.1 Å². The molecule has 0 saturated carbocycles. The van der Waals surface area contributed by atoms with Gasteiger partial charge >= 0.3 is 0 Å². The number of carbonyl (C=O) groups excluding carboxylic acids is 1. The molecule has 3 aromatic rings. The maximum atomic E-state index is 11.6. The molecule has 6 nitrogen and oxygen atoms in total. The van der Waals surface area contributed by atoms with Gasteiger partial charge in [0.25, 0.3) is 5.91 Å². The van der Waals surface area contributed by atoms with Crippen LogP contribution < -0.4 is 15.8 Å². The van der Waals surface area contributed by atoms with Gasteiger partial charge in [0.15, 0.2) is 6.23 Å². The fraction of sp³-hybridized carbons (Fsp3) is 0.118. The Hall–Kier alpha value is -2.41. The summed E-state index contributed by atoms with van der Waals surface area (Å²) in [5, 5.41) is 14.5. The quantitative estimate of drug-likeness (QED) is 0.567. The van der Waals surface area contributed by atoms with Gasteiger partial charge in [0.05, 0.1) is 5.69 Å². The first kappa shape index (κ1) is 17.4. The highest BCUT2D eigenvalue weighted by Crippen LogP contribution is 2.33. The maximum absolute atomic E-state index is 11.6. The van der Waals surface area contributed by atoms with Crippen molar-refractivity contribution >= 4 is 45.8 Å². The largest absolute Gasteiger partial charge is 0.489 e. The summed E-state index contributed by atoms with van der Waals surface area (Å²) in [4.78, 5) is 11.6. The third-order valence-electron chi connectivity index (χ3n) is 3.41. The highest BCUT2D eigenvalue weighted by molar-refractivity contribution is 6.31. The normalized spacial score (nSPS) is 12.1. The van der Waals surface area contributed by atoms with Gasteiger partial charge in [0.1, 0.15) is 17.9 Å². The first-order valence-electron chi connectivity index (χ1n) is 7.29. The zero-order valence-electron chi connectivity index (χ0n) is 12.8. The van der Waals surface area contributed by atoms with Gasteiger partial charge in [-0.2, -0.15) is 0 Å². The summed E-state index contributed by atoms with van der Waals surface area (Å²) in [7, 11) is 0. The van der Waals surface area contributed by atoms with Gasteiger partial charge in [-0.15, -0.1) is 0 Å². The Morgan fingerprint density at radius 2 is 1.88 bits per heavy atom. The van der Waals surface area contributed by atoms with Gasteiger partial charge in [0, 0.05) is 15.4 Å². The average Bonchev–Trinajstić information content (AvgIpc) is 2.92. The van der Waals surface area contributed by atoms with Crippen LogP contribution in [0.2, 0.25) is 10.0 Å². The second kappa shape index (κ2) is 7.23. The number of aliphatic hydroxyl groups excluding tert-OH is 1. The monoisotopic (exact) mass is 380 g/mol. The van der Waals surface area contributed by atoms with Crippen molar-refractivity contribution in [2.45, 2.75) is 6.23 Å². The Morgan fingerprint density at radius 3 is 2.56 bits per heavy atom. The van der Waals surface area contributed by atoms with Crippen molar-refractivity contribution in [3.05, 3.63) is 58.3 Å². The lowest BCUT2D eigenvalue weighted by Gasteiger charge is -2.15. The second-order valence-corrected chi connectivity index (χ2v) is 6.11. The molecule has 1 heterocycles. The smallest absolute Gasteiger partial charge is 0.286 e. The van der Waals surface area contributed by atoms with E-state index in [-0.39, 0.29) is 18.1 Å². The van der Waals surface area contributed by atoms with E-state index in [1.165, 1.54) is 0 Å². The van der Waals surface area contributed by atoms with E-state index >= 15 is 0 Å². The van der Waals surface area contributed by atoms with E-state index in [2.05, 4.69) is 5.32 Å². The van der Waals surface area contributed by atoms with E-state index in [0.29, 0.717) is 26.8 Å². The van der Waals surface area contributed by atoms with Crippen LogP contribution in [0.15, 0.2) is 46.9 Å². The topological polar surface area (TPSA) is 97.7 Å². The highest BCUT2D eigenvalue weighted by Gasteiger charge is 2.21. The molecule has 0 fully saturated rings. The summed E-state index contributed by atoms with van der Waals surface area (Å²) < 4.78 is 10.9. The van der Waals surface area contributed by atoms with Crippen molar-refractivity contribution in [3.8, 4) is 5.75 Å². The molecule has 1 aromatic heterocycles. The zero-order valence-corrected chi connectivity index (χ0v) is 14.3. The van der Waals surface area contributed by atoms with Gasteiger partial charge in [-0.25, -0.2) is 0 Å². The molecule has 130 valence electrons. The van der Waals surface area contributed by atoms with Crippen LogP contribution in [0.3, 0.4) is 0 Å². The van der Waals surface area contributed by atoms with Gasteiger partial charge in [-0.3, -0.25) is 4.79 Å². The number of hydrogen-bond acceptors (Lipinski definition) is 5.